The quantitative estimate of drug-likeness (QED) is 0.424. The fourth-order valence-corrected chi connectivity index (χ4v) is 4.73. The van der Waals surface area contributed by atoms with Crippen LogP contribution in [0.2, 0.25) is 0 Å². The molecule has 0 aliphatic carbocycles. The Bertz CT molecular complexity index is 1310. The summed E-state index contributed by atoms with van der Waals surface area (Å²) in [5.41, 5.74) is 6.36. The lowest BCUT2D eigenvalue weighted by Gasteiger charge is -2.27. The van der Waals surface area contributed by atoms with Crippen LogP contribution < -0.4 is 0 Å². The first kappa shape index (κ1) is 22.0. The predicted molar refractivity (Wildman–Crippen MR) is 125 cm³/mol. The zero-order valence-electron chi connectivity index (χ0n) is 19.0. The summed E-state index contributed by atoms with van der Waals surface area (Å²) in [6, 6.07) is 10.0. The molecule has 3 aromatic heterocycles. The van der Waals surface area contributed by atoms with Gasteiger partial charge < -0.3 is 14.2 Å². The van der Waals surface area contributed by atoms with Gasteiger partial charge in [-0.15, -0.1) is 11.3 Å². The molecule has 174 valence electrons. The first-order chi connectivity index (χ1) is 16.5. The number of hydrogen-bond donors (Lipinski definition) is 0. The van der Waals surface area contributed by atoms with E-state index < -0.39 is 0 Å². The van der Waals surface area contributed by atoms with E-state index in [1.807, 2.05) is 40.4 Å². The highest BCUT2D eigenvalue weighted by Crippen LogP contribution is 2.26. The van der Waals surface area contributed by atoms with Crippen LogP contribution in [0.1, 0.15) is 49.3 Å². The minimum absolute atomic E-state index is 0.193. The number of fused-ring (bicyclic) bond motifs is 1. The summed E-state index contributed by atoms with van der Waals surface area (Å²) < 4.78 is 7.22. The first-order valence-corrected chi connectivity index (χ1v) is 11.9. The van der Waals surface area contributed by atoms with E-state index in [0.717, 1.165) is 22.5 Å². The minimum Gasteiger partial charge on any atom is -0.438 e. The minimum atomic E-state index is -0.231. The second-order valence-corrected chi connectivity index (χ2v) is 9.02. The molecule has 0 saturated heterocycles. The third kappa shape index (κ3) is 4.24. The van der Waals surface area contributed by atoms with E-state index in [4.69, 9.17) is 9.52 Å². The molecule has 4 heterocycles. The highest BCUT2D eigenvalue weighted by atomic mass is 32.1. The summed E-state index contributed by atoms with van der Waals surface area (Å²) in [7, 11) is 1.74. The third-order valence-corrected chi connectivity index (χ3v) is 6.60. The van der Waals surface area contributed by atoms with Crippen molar-refractivity contribution in [1.82, 2.24) is 29.5 Å². The summed E-state index contributed by atoms with van der Waals surface area (Å²) >= 11 is 1.49. The van der Waals surface area contributed by atoms with Crippen LogP contribution in [0, 0.1) is 6.92 Å². The van der Waals surface area contributed by atoms with E-state index in [9.17, 15) is 9.59 Å². The number of carbonyl (C=O) groups is 2. The molecule has 2 amide bonds. The maximum Gasteiger partial charge on any atom is 0.291 e. The van der Waals surface area contributed by atoms with Crippen LogP contribution in [0.3, 0.4) is 0 Å². The smallest absolute Gasteiger partial charge is 0.291 e. The van der Waals surface area contributed by atoms with E-state index >= 15 is 0 Å². The van der Waals surface area contributed by atoms with Crippen LogP contribution in [0.4, 0.5) is 0 Å². The fourth-order valence-electron chi connectivity index (χ4n) is 4.19. The normalized spacial score (nSPS) is 13.1. The molecule has 1 aromatic carbocycles. The number of rotatable bonds is 6. The second-order valence-electron chi connectivity index (χ2n) is 8.30. The molecule has 0 bridgehead atoms. The number of aromatic nitrogens is 4. The molecular formula is C24H24N6O3S. The molecule has 34 heavy (non-hydrogen) atoms. The lowest BCUT2D eigenvalue weighted by Crippen LogP contribution is -2.37. The lowest BCUT2D eigenvalue weighted by atomic mass is 10.0. The third-order valence-electron chi connectivity index (χ3n) is 5.97. The van der Waals surface area contributed by atoms with E-state index in [1.54, 1.807) is 29.3 Å². The molecular weight excluding hydrogens is 452 g/mol. The molecule has 0 unspecified atom stereocenters. The SMILES string of the molecule is Cc1ncoc1C(=O)N1CCc2c(c(C(=O)N(C)Cc3cscn3)nn2Cc2ccccc2)C1. The van der Waals surface area contributed by atoms with Crippen LogP contribution in [-0.4, -0.2) is 55.0 Å². The topological polar surface area (TPSA) is 97.4 Å². The molecule has 1 aliphatic rings. The largest absolute Gasteiger partial charge is 0.438 e. The van der Waals surface area contributed by atoms with Crippen molar-refractivity contribution in [2.45, 2.75) is 33.0 Å². The number of hydrogen-bond acceptors (Lipinski definition) is 7. The molecule has 4 aromatic rings. The van der Waals surface area contributed by atoms with E-state index in [0.29, 0.717) is 37.4 Å². The maximum atomic E-state index is 13.5. The Morgan fingerprint density at radius 2 is 2.03 bits per heavy atom. The molecule has 0 radical (unpaired) electrons. The molecule has 1 aliphatic heterocycles. The summed E-state index contributed by atoms with van der Waals surface area (Å²) in [5.74, 6) is -0.194. The zero-order chi connectivity index (χ0) is 23.7. The van der Waals surface area contributed by atoms with Crippen LogP contribution in [0.15, 0.2) is 52.0 Å². The van der Waals surface area contributed by atoms with Crippen LogP contribution in [0.5, 0.6) is 0 Å². The van der Waals surface area contributed by atoms with Crippen molar-refractivity contribution in [2.75, 3.05) is 13.6 Å². The number of aryl methyl sites for hydroxylation is 1. The van der Waals surface area contributed by atoms with Crippen LogP contribution >= 0.6 is 11.3 Å². The number of carbonyl (C=O) groups excluding carboxylic acids is 2. The number of amides is 2. The van der Waals surface area contributed by atoms with Gasteiger partial charge in [0.25, 0.3) is 11.8 Å². The molecule has 0 saturated carbocycles. The van der Waals surface area contributed by atoms with Gasteiger partial charge in [-0.2, -0.15) is 5.10 Å². The van der Waals surface area contributed by atoms with Gasteiger partial charge in [0.2, 0.25) is 5.76 Å². The van der Waals surface area contributed by atoms with Crippen LogP contribution in [0.25, 0.3) is 0 Å². The monoisotopic (exact) mass is 476 g/mol. The number of oxazole rings is 1. The molecule has 0 N–H and O–H groups in total. The van der Waals surface area contributed by atoms with Gasteiger partial charge in [-0.05, 0) is 12.5 Å². The Balaban J connectivity index is 1.47. The summed E-state index contributed by atoms with van der Waals surface area (Å²) in [6.07, 6.45) is 1.87. The van der Waals surface area contributed by atoms with E-state index in [1.165, 1.54) is 17.7 Å². The maximum absolute atomic E-state index is 13.5. The molecule has 0 spiro atoms. The number of nitrogens with zero attached hydrogens (tertiary/aromatic N) is 6. The van der Waals surface area contributed by atoms with Gasteiger partial charge in [-0.1, -0.05) is 30.3 Å². The number of benzene rings is 1. The summed E-state index contributed by atoms with van der Waals surface area (Å²) in [5, 5.41) is 6.67. The van der Waals surface area contributed by atoms with Gasteiger partial charge in [0.15, 0.2) is 12.1 Å². The van der Waals surface area contributed by atoms with Crippen molar-refractivity contribution < 1.29 is 14.0 Å². The van der Waals surface area contributed by atoms with Crippen molar-refractivity contribution in [1.29, 1.82) is 0 Å². The Kier molecular flexibility index (Phi) is 5.97. The van der Waals surface area contributed by atoms with E-state index in [2.05, 4.69) is 9.97 Å². The highest BCUT2D eigenvalue weighted by Gasteiger charge is 2.33. The first-order valence-electron chi connectivity index (χ1n) is 11.0. The van der Waals surface area contributed by atoms with E-state index in [-0.39, 0.29) is 24.1 Å². The fraction of sp³-hybridized carbons (Fsp3) is 0.292. The Morgan fingerprint density at radius 1 is 1.21 bits per heavy atom. The molecule has 10 heteroatoms. The molecule has 0 atom stereocenters. The van der Waals surface area contributed by atoms with Crippen molar-refractivity contribution in [3.63, 3.8) is 0 Å². The average Bonchev–Trinajstić information content (AvgIpc) is 3.59. The Hall–Kier alpha value is -3.79. The zero-order valence-corrected chi connectivity index (χ0v) is 19.8. The number of thiazole rings is 1. The Morgan fingerprint density at radius 3 is 2.74 bits per heavy atom. The lowest BCUT2D eigenvalue weighted by molar-refractivity contribution is 0.0692. The van der Waals surface area contributed by atoms with Crippen molar-refractivity contribution in [3.8, 4) is 0 Å². The van der Waals surface area contributed by atoms with Gasteiger partial charge >= 0.3 is 0 Å². The molecule has 9 nitrogen and oxygen atoms in total. The summed E-state index contributed by atoms with van der Waals surface area (Å²) in [6.45, 7) is 3.49. The van der Waals surface area contributed by atoms with Crippen molar-refractivity contribution in [3.05, 3.63) is 87.3 Å². The van der Waals surface area contributed by atoms with Gasteiger partial charge in [0.05, 0.1) is 36.5 Å². The summed E-state index contributed by atoms with van der Waals surface area (Å²) in [4.78, 5) is 38.2. The predicted octanol–water partition coefficient (Wildman–Crippen LogP) is 3.16. The standard InChI is InChI=1S/C24H24N6O3S/c1-16-22(33-14-25-16)24(32)29-9-8-20-19(12-29)21(23(31)28(2)11-18-13-34-15-26-18)27-30(20)10-17-6-4-3-5-7-17/h3-7,13-15H,8-12H2,1-2H3. The van der Waals surface area contributed by atoms with Gasteiger partial charge in [-0.25, -0.2) is 9.97 Å². The van der Waals surface area contributed by atoms with Gasteiger partial charge in [0, 0.05) is 36.7 Å². The van der Waals surface area contributed by atoms with Gasteiger partial charge in [-0.3, -0.25) is 14.3 Å². The van der Waals surface area contributed by atoms with Crippen molar-refractivity contribution >= 4 is 23.2 Å². The molecule has 5 rings (SSSR count). The average molecular weight is 477 g/mol. The second kappa shape index (κ2) is 9.22. The van der Waals surface area contributed by atoms with Crippen LogP contribution in [-0.2, 0) is 26.1 Å². The highest BCUT2D eigenvalue weighted by molar-refractivity contribution is 7.07. The molecule has 0 fully saturated rings. The van der Waals surface area contributed by atoms with Gasteiger partial charge in [0.1, 0.15) is 0 Å². The van der Waals surface area contributed by atoms with Crippen molar-refractivity contribution in [2.24, 2.45) is 0 Å². The Labute approximate surface area is 200 Å².